The Labute approximate surface area is 135 Å². The molecule has 1 aliphatic rings. The second kappa shape index (κ2) is 7.44. The molecule has 1 heterocycles. The van der Waals surface area contributed by atoms with E-state index in [1.54, 1.807) is 17.8 Å². The zero-order valence-electron chi connectivity index (χ0n) is 13.1. The first-order chi connectivity index (χ1) is 10.4. The monoisotopic (exact) mass is 326 g/mol. The minimum absolute atomic E-state index is 0.230. The van der Waals surface area contributed by atoms with Crippen molar-refractivity contribution >= 4 is 17.7 Å². The highest BCUT2D eigenvalue weighted by atomic mass is 32.2. The van der Waals surface area contributed by atoms with Crippen molar-refractivity contribution in [3.8, 4) is 0 Å². The lowest BCUT2D eigenvalue weighted by Crippen LogP contribution is -2.48. The minimum Gasteiger partial charge on any atom is -0.380 e. The molecule has 1 aromatic carbocycles. The van der Waals surface area contributed by atoms with E-state index < -0.39 is 5.60 Å². The minimum atomic E-state index is -1.27. The quantitative estimate of drug-likeness (QED) is 0.866. The number of hydrogen-bond acceptors (Lipinski definition) is 4. The van der Waals surface area contributed by atoms with Crippen LogP contribution in [0.2, 0.25) is 0 Å². The molecule has 1 aromatic rings. The van der Waals surface area contributed by atoms with Crippen LogP contribution in [0.1, 0.15) is 24.0 Å². The van der Waals surface area contributed by atoms with Gasteiger partial charge in [-0.2, -0.15) is 11.8 Å². The maximum Gasteiger partial charge on any atom is 0.252 e. The van der Waals surface area contributed by atoms with Crippen molar-refractivity contribution in [2.24, 2.45) is 0 Å². The zero-order chi connectivity index (χ0) is 16.2. The zero-order valence-corrected chi connectivity index (χ0v) is 13.9. The van der Waals surface area contributed by atoms with Crippen LogP contribution in [0.25, 0.3) is 0 Å². The number of carbonyl (C=O) groups is 1. The first-order valence-electron chi connectivity index (χ1n) is 7.41. The largest absolute Gasteiger partial charge is 0.380 e. The summed E-state index contributed by atoms with van der Waals surface area (Å²) < 4.78 is 14.0. The second-order valence-corrected chi connectivity index (χ2v) is 7.21. The van der Waals surface area contributed by atoms with E-state index in [4.69, 9.17) is 0 Å². The van der Waals surface area contributed by atoms with Crippen molar-refractivity contribution in [1.82, 2.24) is 10.2 Å². The van der Waals surface area contributed by atoms with Crippen molar-refractivity contribution in [2.75, 3.05) is 25.6 Å². The van der Waals surface area contributed by atoms with E-state index in [0.29, 0.717) is 30.5 Å². The molecule has 0 aromatic heterocycles. The van der Waals surface area contributed by atoms with Crippen LogP contribution in [-0.4, -0.2) is 47.1 Å². The molecule has 1 fully saturated rings. The van der Waals surface area contributed by atoms with Gasteiger partial charge < -0.3 is 15.3 Å². The molecule has 4 nitrogen and oxygen atoms in total. The maximum absolute atomic E-state index is 14.0. The standard InChI is InChI=1S/C16H23FN2O2S/c1-19(2)11-13-4-3-12(9-14(13)17)10-18-15(20)16(21)5-7-22-8-6-16/h3-4,9,21H,5-8,10-11H2,1-2H3,(H,18,20). The first kappa shape index (κ1) is 17.2. The number of hydrogen-bond donors (Lipinski definition) is 2. The number of carbonyl (C=O) groups excluding carboxylic acids is 1. The van der Waals surface area contributed by atoms with E-state index >= 15 is 0 Å². The van der Waals surface area contributed by atoms with Gasteiger partial charge in [-0.15, -0.1) is 0 Å². The Morgan fingerprint density at radius 3 is 2.68 bits per heavy atom. The van der Waals surface area contributed by atoms with Crippen LogP contribution in [0, 0.1) is 5.82 Å². The maximum atomic E-state index is 14.0. The Hall–Kier alpha value is -1.11. The first-order valence-corrected chi connectivity index (χ1v) is 8.57. The smallest absolute Gasteiger partial charge is 0.252 e. The Morgan fingerprint density at radius 1 is 1.41 bits per heavy atom. The molecule has 0 atom stereocenters. The number of benzene rings is 1. The van der Waals surface area contributed by atoms with E-state index in [2.05, 4.69) is 5.32 Å². The van der Waals surface area contributed by atoms with Crippen molar-refractivity contribution in [2.45, 2.75) is 31.5 Å². The average molecular weight is 326 g/mol. The summed E-state index contributed by atoms with van der Waals surface area (Å²) in [7, 11) is 3.77. The third-order valence-corrected chi connectivity index (χ3v) is 4.79. The van der Waals surface area contributed by atoms with E-state index in [0.717, 1.165) is 11.5 Å². The van der Waals surface area contributed by atoms with Crippen molar-refractivity contribution in [3.63, 3.8) is 0 Å². The molecule has 0 saturated carbocycles. The van der Waals surface area contributed by atoms with Crippen molar-refractivity contribution in [3.05, 3.63) is 35.1 Å². The van der Waals surface area contributed by atoms with Crippen molar-refractivity contribution < 1.29 is 14.3 Å². The van der Waals surface area contributed by atoms with Gasteiger partial charge in [0, 0.05) is 18.7 Å². The molecule has 0 bridgehead atoms. The molecule has 0 aliphatic carbocycles. The summed E-state index contributed by atoms with van der Waals surface area (Å²) in [6.45, 7) is 0.767. The normalized spacial score (nSPS) is 17.5. The lowest BCUT2D eigenvalue weighted by Gasteiger charge is -2.30. The molecule has 22 heavy (non-hydrogen) atoms. The summed E-state index contributed by atoms with van der Waals surface area (Å²) >= 11 is 1.74. The summed E-state index contributed by atoms with van der Waals surface area (Å²) in [6, 6.07) is 4.99. The SMILES string of the molecule is CN(C)Cc1ccc(CNC(=O)C2(O)CCSCC2)cc1F. The molecule has 1 amide bonds. The molecule has 2 N–H and O–H groups in total. The Morgan fingerprint density at radius 2 is 2.09 bits per heavy atom. The fourth-order valence-electron chi connectivity index (χ4n) is 2.45. The summed E-state index contributed by atoms with van der Waals surface area (Å²) in [5.41, 5.74) is 0.0550. The van der Waals surface area contributed by atoms with Gasteiger partial charge in [0.1, 0.15) is 11.4 Å². The highest BCUT2D eigenvalue weighted by Crippen LogP contribution is 2.27. The molecule has 1 saturated heterocycles. The predicted molar refractivity (Wildman–Crippen MR) is 87.1 cm³/mol. The number of nitrogens with zero attached hydrogens (tertiary/aromatic N) is 1. The number of thioether (sulfide) groups is 1. The van der Waals surface area contributed by atoms with Gasteiger partial charge in [-0.05, 0) is 50.1 Å². The van der Waals surface area contributed by atoms with Gasteiger partial charge in [0.05, 0.1) is 0 Å². The topological polar surface area (TPSA) is 52.6 Å². The molecular formula is C16H23FN2O2S. The average Bonchev–Trinajstić information content (AvgIpc) is 2.47. The van der Waals surface area contributed by atoms with Crippen LogP contribution in [0.4, 0.5) is 4.39 Å². The van der Waals surface area contributed by atoms with Crippen LogP contribution < -0.4 is 5.32 Å². The van der Waals surface area contributed by atoms with Crippen LogP contribution in [0.3, 0.4) is 0 Å². The van der Waals surface area contributed by atoms with E-state index in [1.165, 1.54) is 6.07 Å². The third kappa shape index (κ3) is 4.44. The number of nitrogens with one attached hydrogen (secondary N) is 1. The van der Waals surface area contributed by atoms with E-state index in [-0.39, 0.29) is 18.3 Å². The highest BCUT2D eigenvalue weighted by molar-refractivity contribution is 7.99. The van der Waals surface area contributed by atoms with Crippen LogP contribution in [-0.2, 0) is 17.9 Å². The summed E-state index contributed by atoms with van der Waals surface area (Å²) in [5.74, 6) is 0.953. The summed E-state index contributed by atoms with van der Waals surface area (Å²) in [4.78, 5) is 14.0. The lowest BCUT2D eigenvalue weighted by atomic mass is 9.95. The van der Waals surface area contributed by atoms with E-state index in [9.17, 15) is 14.3 Å². The number of rotatable bonds is 5. The molecule has 2 rings (SSSR count). The van der Waals surface area contributed by atoms with Gasteiger partial charge in [0.2, 0.25) is 0 Å². The van der Waals surface area contributed by atoms with Crippen LogP contribution in [0.5, 0.6) is 0 Å². The van der Waals surface area contributed by atoms with Crippen LogP contribution >= 0.6 is 11.8 Å². The summed E-state index contributed by atoms with van der Waals surface area (Å²) in [6.07, 6.45) is 0.944. The second-order valence-electron chi connectivity index (χ2n) is 5.99. The Bertz CT molecular complexity index is 531. The van der Waals surface area contributed by atoms with Crippen LogP contribution in [0.15, 0.2) is 18.2 Å². The number of halogens is 1. The highest BCUT2D eigenvalue weighted by Gasteiger charge is 2.37. The van der Waals surface area contributed by atoms with Gasteiger partial charge in [0.25, 0.3) is 5.91 Å². The number of aliphatic hydroxyl groups is 1. The third-order valence-electron chi connectivity index (χ3n) is 3.80. The van der Waals surface area contributed by atoms with E-state index in [1.807, 2.05) is 25.1 Å². The molecular weight excluding hydrogens is 303 g/mol. The van der Waals surface area contributed by atoms with Gasteiger partial charge >= 0.3 is 0 Å². The Balaban J connectivity index is 1.94. The van der Waals surface area contributed by atoms with Gasteiger partial charge in [-0.25, -0.2) is 4.39 Å². The lowest BCUT2D eigenvalue weighted by molar-refractivity contribution is -0.140. The van der Waals surface area contributed by atoms with Gasteiger partial charge in [0.15, 0.2) is 0 Å². The van der Waals surface area contributed by atoms with Gasteiger partial charge in [-0.3, -0.25) is 4.79 Å². The number of amides is 1. The Kier molecular flexibility index (Phi) is 5.83. The van der Waals surface area contributed by atoms with Gasteiger partial charge in [-0.1, -0.05) is 12.1 Å². The molecule has 0 spiro atoms. The van der Waals surface area contributed by atoms with Crippen molar-refractivity contribution in [1.29, 1.82) is 0 Å². The fraction of sp³-hybridized carbons (Fsp3) is 0.562. The fourth-order valence-corrected chi connectivity index (χ4v) is 3.62. The molecule has 6 heteroatoms. The molecule has 0 unspecified atom stereocenters. The molecule has 122 valence electrons. The summed E-state index contributed by atoms with van der Waals surface area (Å²) in [5, 5.41) is 13.0. The molecule has 1 aliphatic heterocycles. The predicted octanol–water partition coefficient (Wildman–Crippen LogP) is 1.76. The molecule has 0 radical (unpaired) electrons.